The molecule has 0 aromatic heterocycles. The third-order valence-corrected chi connectivity index (χ3v) is 5.10. The Morgan fingerprint density at radius 3 is 2.44 bits per heavy atom. The Hall–Kier alpha value is -0.740. The fourth-order valence-electron chi connectivity index (χ4n) is 3.80. The number of guanidine groups is 1. The van der Waals surface area contributed by atoms with Crippen molar-refractivity contribution in [3.63, 3.8) is 0 Å². The van der Waals surface area contributed by atoms with Gasteiger partial charge in [0.05, 0.1) is 6.54 Å². The van der Waals surface area contributed by atoms with E-state index in [1.807, 2.05) is 0 Å². The van der Waals surface area contributed by atoms with Gasteiger partial charge in [-0.2, -0.15) is 13.2 Å². The summed E-state index contributed by atoms with van der Waals surface area (Å²) < 4.78 is 37.0. The van der Waals surface area contributed by atoms with Gasteiger partial charge in [0.2, 0.25) is 5.91 Å². The monoisotopic (exact) mass is 476 g/mol. The molecular weight excluding hydrogens is 448 g/mol. The lowest BCUT2D eigenvalue weighted by Crippen LogP contribution is -2.47. The average molecular weight is 476 g/mol. The zero-order valence-electron chi connectivity index (χ0n) is 14.9. The van der Waals surface area contributed by atoms with E-state index in [0.717, 1.165) is 26.6 Å². The average Bonchev–Trinajstić information content (AvgIpc) is 2.90. The molecule has 1 amide bonds. The zero-order valence-corrected chi connectivity index (χ0v) is 17.2. The molecule has 0 bridgehead atoms. The van der Waals surface area contributed by atoms with Crippen LogP contribution in [0.2, 0.25) is 0 Å². The van der Waals surface area contributed by atoms with Crippen LogP contribution in [0.15, 0.2) is 4.99 Å². The first kappa shape index (κ1) is 22.3. The summed E-state index contributed by atoms with van der Waals surface area (Å²) in [7, 11) is 2.80. The molecule has 1 N–H and O–H groups in total. The number of hydrogen-bond acceptors (Lipinski definition) is 2. The normalized spacial score (nSPS) is 20.4. The Balaban J connectivity index is 0.00000312. The van der Waals surface area contributed by atoms with E-state index in [9.17, 15) is 18.0 Å². The van der Waals surface area contributed by atoms with Gasteiger partial charge in [-0.15, -0.1) is 24.0 Å². The first-order valence-corrected chi connectivity index (χ1v) is 8.51. The summed E-state index contributed by atoms with van der Waals surface area (Å²) in [5.74, 6) is 0.00580. The number of carbonyl (C=O) groups excluding carboxylic acids is 1. The lowest BCUT2D eigenvalue weighted by molar-refractivity contribution is -0.157. The second-order valence-corrected chi connectivity index (χ2v) is 7.00. The van der Waals surface area contributed by atoms with Crippen molar-refractivity contribution in [2.24, 2.45) is 10.4 Å². The van der Waals surface area contributed by atoms with Gasteiger partial charge in [0, 0.05) is 27.2 Å². The molecule has 1 saturated heterocycles. The molecule has 0 unspecified atom stereocenters. The number of rotatable bonds is 3. The molecular formula is C16H28F3IN4O. The summed E-state index contributed by atoms with van der Waals surface area (Å²) in [6.45, 7) is 0.382. The molecule has 9 heteroatoms. The van der Waals surface area contributed by atoms with Gasteiger partial charge in [0.15, 0.2) is 5.96 Å². The molecule has 1 spiro atoms. The molecule has 1 aliphatic carbocycles. The SMILES string of the molecule is CN=C(NCC(=O)N(C)CC(F)(F)F)N1CCC2(CCCCC2)C1.I. The molecule has 1 heterocycles. The quantitative estimate of drug-likeness (QED) is 0.387. The van der Waals surface area contributed by atoms with Crippen LogP contribution in [0.25, 0.3) is 0 Å². The molecule has 25 heavy (non-hydrogen) atoms. The zero-order chi connectivity index (χ0) is 17.8. The molecule has 0 aromatic rings. The number of carbonyl (C=O) groups is 1. The van der Waals surface area contributed by atoms with Gasteiger partial charge >= 0.3 is 6.18 Å². The van der Waals surface area contributed by atoms with E-state index < -0.39 is 18.6 Å². The Bertz CT molecular complexity index is 478. The summed E-state index contributed by atoms with van der Waals surface area (Å²) in [4.78, 5) is 18.8. The van der Waals surface area contributed by atoms with Crippen molar-refractivity contribution in [3.8, 4) is 0 Å². The molecule has 1 saturated carbocycles. The maximum atomic E-state index is 12.3. The van der Waals surface area contributed by atoms with Gasteiger partial charge in [-0.25, -0.2) is 0 Å². The molecule has 0 radical (unpaired) electrons. The number of halogens is 4. The fraction of sp³-hybridized carbons (Fsp3) is 0.875. The highest BCUT2D eigenvalue weighted by atomic mass is 127. The van der Waals surface area contributed by atoms with Crippen LogP contribution in [0, 0.1) is 5.41 Å². The number of amides is 1. The largest absolute Gasteiger partial charge is 0.406 e. The number of likely N-dealkylation sites (N-methyl/N-ethyl adjacent to an activating group) is 1. The van der Waals surface area contributed by atoms with Gasteiger partial charge < -0.3 is 15.1 Å². The summed E-state index contributed by atoms with van der Waals surface area (Å²) in [6, 6.07) is 0. The maximum absolute atomic E-state index is 12.3. The lowest BCUT2D eigenvalue weighted by Gasteiger charge is -2.33. The highest BCUT2D eigenvalue weighted by Gasteiger charge is 2.40. The van der Waals surface area contributed by atoms with Crippen LogP contribution in [0.3, 0.4) is 0 Å². The highest BCUT2D eigenvalue weighted by molar-refractivity contribution is 14.0. The Labute approximate surface area is 164 Å². The van der Waals surface area contributed by atoms with Gasteiger partial charge in [0.25, 0.3) is 0 Å². The predicted molar refractivity (Wildman–Crippen MR) is 102 cm³/mol. The van der Waals surface area contributed by atoms with Crippen molar-refractivity contribution in [1.29, 1.82) is 0 Å². The van der Waals surface area contributed by atoms with E-state index in [0.29, 0.717) is 16.3 Å². The molecule has 2 rings (SSSR count). The van der Waals surface area contributed by atoms with Crippen LogP contribution in [-0.4, -0.2) is 68.1 Å². The molecule has 0 atom stereocenters. The Kier molecular flexibility index (Phi) is 8.27. The number of hydrogen-bond donors (Lipinski definition) is 1. The number of nitrogens with zero attached hydrogens (tertiary/aromatic N) is 3. The van der Waals surface area contributed by atoms with Gasteiger partial charge in [-0.05, 0) is 24.7 Å². The Morgan fingerprint density at radius 2 is 1.88 bits per heavy atom. The van der Waals surface area contributed by atoms with Crippen LogP contribution in [0.1, 0.15) is 38.5 Å². The first-order chi connectivity index (χ1) is 11.2. The number of aliphatic imine (C=N–C) groups is 1. The number of likely N-dealkylation sites (tertiary alicyclic amines) is 1. The van der Waals surface area contributed by atoms with Crippen LogP contribution < -0.4 is 5.32 Å². The van der Waals surface area contributed by atoms with Crippen molar-refractivity contribution in [2.45, 2.75) is 44.7 Å². The maximum Gasteiger partial charge on any atom is 0.406 e. The number of alkyl halides is 3. The summed E-state index contributed by atoms with van der Waals surface area (Å²) >= 11 is 0. The van der Waals surface area contributed by atoms with Crippen molar-refractivity contribution < 1.29 is 18.0 Å². The minimum absolute atomic E-state index is 0. The lowest BCUT2D eigenvalue weighted by atomic mass is 9.73. The third kappa shape index (κ3) is 6.49. The highest BCUT2D eigenvalue weighted by Crippen LogP contribution is 2.43. The van der Waals surface area contributed by atoms with Crippen LogP contribution in [-0.2, 0) is 4.79 Å². The van der Waals surface area contributed by atoms with Crippen LogP contribution >= 0.6 is 24.0 Å². The summed E-state index contributed by atoms with van der Waals surface area (Å²) in [5, 5.41) is 2.92. The van der Waals surface area contributed by atoms with E-state index in [2.05, 4.69) is 15.2 Å². The minimum atomic E-state index is -4.38. The summed E-state index contributed by atoms with van der Waals surface area (Å²) in [6.07, 6.45) is 3.03. The fourth-order valence-corrected chi connectivity index (χ4v) is 3.80. The second kappa shape index (κ2) is 9.27. The molecule has 5 nitrogen and oxygen atoms in total. The smallest absolute Gasteiger partial charge is 0.347 e. The topological polar surface area (TPSA) is 47.9 Å². The van der Waals surface area contributed by atoms with E-state index in [1.54, 1.807) is 7.05 Å². The van der Waals surface area contributed by atoms with Crippen molar-refractivity contribution in [3.05, 3.63) is 0 Å². The van der Waals surface area contributed by atoms with Crippen molar-refractivity contribution >= 4 is 35.8 Å². The standard InChI is InChI=1S/C16H27F3N4O.HI/c1-20-14(21-10-13(24)22(2)12-16(17,18)19)23-9-8-15(11-23)6-4-3-5-7-15;/h3-12H2,1-2H3,(H,20,21);1H. The molecule has 1 aliphatic heterocycles. The van der Waals surface area contributed by atoms with Gasteiger partial charge in [-0.3, -0.25) is 9.79 Å². The molecule has 146 valence electrons. The van der Waals surface area contributed by atoms with Crippen molar-refractivity contribution in [1.82, 2.24) is 15.1 Å². The summed E-state index contributed by atoms with van der Waals surface area (Å²) in [5.41, 5.74) is 0.354. The third-order valence-electron chi connectivity index (χ3n) is 5.10. The van der Waals surface area contributed by atoms with Gasteiger partial charge in [-0.1, -0.05) is 19.3 Å². The van der Waals surface area contributed by atoms with Crippen molar-refractivity contribution in [2.75, 3.05) is 40.3 Å². The van der Waals surface area contributed by atoms with E-state index in [1.165, 1.54) is 32.1 Å². The van der Waals surface area contributed by atoms with Gasteiger partial charge in [0.1, 0.15) is 6.54 Å². The van der Waals surface area contributed by atoms with Crippen LogP contribution in [0.4, 0.5) is 13.2 Å². The predicted octanol–water partition coefficient (Wildman–Crippen LogP) is 2.86. The second-order valence-electron chi connectivity index (χ2n) is 7.00. The van der Waals surface area contributed by atoms with E-state index in [4.69, 9.17) is 0 Å². The Morgan fingerprint density at radius 1 is 1.24 bits per heavy atom. The van der Waals surface area contributed by atoms with E-state index >= 15 is 0 Å². The molecule has 0 aromatic carbocycles. The number of nitrogens with one attached hydrogen (secondary N) is 1. The first-order valence-electron chi connectivity index (χ1n) is 8.51. The van der Waals surface area contributed by atoms with E-state index in [-0.39, 0.29) is 30.5 Å². The minimum Gasteiger partial charge on any atom is -0.347 e. The van der Waals surface area contributed by atoms with Crippen LogP contribution in [0.5, 0.6) is 0 Å². The molecule has 2 aliphatic rings. The molecule has 2 fully saturated rings.